The molecular formula is C54H78LuN5. The van der Waals surface area contributed by atoms with Gasteiger partial charge in [0, 0.05) is 12.4 Å². The molecule has 0 unspecified atom stereocenters. The Bertz CT molecular complexity index is 1760. The smallest absolute Gasteiger partial charge is 0.698 e. The van der Waals surface area contributed by atoms with Crippen LogP contribution in [-0.4, -0.2) is 9.97 Å². The van der Waals surface area contributed by atoms with Crippen molar-refractivity contribution in [3.63, 3.8) is 0 Å². The topological polar surface area (TPSA) is 97.2 Å². The van der Waals surface area contributed by atoms with Gasteiger partial charge in [-0.2, -0.15) is 0 Å². The fourth-order valence-electron chi connectivity index (χ4n) is 6.73. The maximum Gasteiger partial charge on any atom is 3.00 e. The number of hydrogen-bond donors (Lipinski definition) is 0. The summed E-state index contributed by atoms with van der Waals surface area (Å²) in [7, 11) is 0. The second kappa shape index (κ2) is 24.3. The third-order valence-corrected chi connectivity index (χ3v) is 10.6. The average Bonchev–Trinajstić information content (AvgIpc) is 3.14. The number of nitrogens with zero attached hydrogens (tertiary/aromatic N) is 2. The van der Waals surface area contributed by atoms with Crippen LogP contribution >= 0.6 is 0 Å². The van der Waals surface area contributed by atoms with Gasteiger partial charge in [-0.25, -0.2) is 0 Å². The molecule has 0 aliphatic carbocycles. The molecule has 6 heteroatoms. The van der Waals surface area contributed by atoms with Crippen LogP contribution in [0.5, 0.6) is 0 Å². The van der Waals surface area contributed by atoms with E-state index in [4.69, 9.17) is 17.2 Å². The van der Waals surface area contributed by atoms with E-state index in [-0.39, 0.29) is 47.7 Å². The normalized spacial score (nSPS) is 11.5. The molecule has 0 saturated carbocycles. The monoisotopic (exact) mass is 972 g/mol. The Morgan fingerprint density at radius 3 is 0.733 bits per heavy atom. The fraction of sp³-hybridized carbons (Fsp3) is 0.481. The summed E-state index contributed by atoms with van der Waals surface area (Å²) in [5, 5.41) is 0. The Hall–Kier alpha value is -3.41. The van der Waals surface area contributed by atoms with E-state index in [1.807, 2.05) is 12.4 Å². The fourth-order valence-corrected chi connectivity index (χ4v) is 6.73. The van der Waals surface area contributed by atoms with Gasteiger partial charge in [-0.3, -0.25) is 9.97 Å². The minimum atomic E-state index is 0. The SMILES string of the molecule is CC(C)(C)c1ccnc(-c2cc(C(C)(C)C)ccn2)c1.CC(C)c1cccc(C(C)C)c1[NH-].CC(C)c1cccc(C(C)C)c1[NH-].CC(C)c1cccc(C(C)C)c1[NH-].[Lu+3]. The maximum atomic E-state index is 8.01. The van der Waals surface area contributed by atoms with Crippen LogP contribution in [0.1, 0.15) is 205 Å². The largest absolute Gasteiger partial charge is 3.00 e. The summed E-state index contributed by atoms with van der Waals surface area (Å²) < 4.78 is 0. The quantitative estimate of drug-likeness (QED) is 0.162. The van der Waals surface area contributed by atoms with Crippen LogP contribution in [0.2, 0.25) is 0 Å². The van der Waals surface area contributed by atoms with Crippen molar-refractivity contribution in [3.05, 3.63) is 153 Å². The van der Waals surface area contributed by atoms with Crippen molar-refractivity contribution in [3.8, 4) is 11.4 Å². The van der Waals surface area contributed by atoms with Gasteiger partial charge in [0.2, 0.25) is 0 Å². The zero-order chi connectivity index (χ0) is 45.0. The molecule has 3 N–H and O–H groups in total. The van der Waals surface area contributed by atoms with E-state index < -0.39 is 0 Å². The minimum absolute atomic E-state index is 0. The first-order chi connectivity index (χ1) is 27.3. The van der Waals surface area contributed by atoms with Gasteiger partial charge in [0.05, 0.1) is 11.4 Å². The molecule has 0 radical (unpaired) electrons. The average molecular weight is 972 g/mol. The first-order valence-electron chi connectivity index (χ1n) is 21.8. The van der Waals surface area contributed by atoms with Crippen molar-refractivity contribution in [1.29, 1.82) is 0 Å². The number of rotatable bonds is 7. The van der Waals surface area contributed by atoms with Gasteiger partial charge in [0.15, 0.2) is 0 Å². The summed E-state index contributed by atoms with van der Waals surface area (Å²) in [6.45, 7) is 38.9. The van der Waals surface area contributed by atoms with Crippen LogP contribution in [0.3, 0.4) is 0 Å². The molecule has 0 atom stereocenters. The molecule has 0 fully saturated rings. The van der Waals surface area contributed by atoms with Gasteiger partial charge < -0.3 is 17.2 Å². The van der Waals surface area contributed by atoms with Crippen molar-refractivity contribution in [2.45, 2.75) is 171 Å². The third-order valence-electron chi connectivity index (χ3n) is 10.6. The number of aromatic nitrogens is 2. The van der Waals surface area contributed by atoms with E-state index in [1.165, 1.54) is 11.1 Å². The van der Waals surface area contributed by atoms with Crippen molar-refractivity contribution in [1.82, 2.24) is 9.97 Å². The van der Waals surface area contributed by atoms with E-state index >= 15 is 0 Å². The van der Waals surface area contributed by atoms with E-state index in [2.05, 4.69) is 213 Å². The second-order valence-electron chi connectivity index (χ2n) is 19.7. The molecule has 0 bridgehead atoms. The zero-order valence-corrected chi connectivity index (χ0v) is 41.9. The molecule has 0 aliphatic heterocycles. The van der Waals surface area contributed by atoms with Crippen LogP contribution < -0.4 is 0 Å². The summed E-state index contributed by atoms with van der Waals surface area (Å²) in [5.41, 5.74) is 37.9. The molecule has 0 aliphatic rings. The maximum absolute atomic E-state index is 8.01. The second-order valence-corrected chi connectivity index (χ2v) is 19.7. The number of benzene rings is 3. The van der Waals surface area contributed by atoms with Crippen molar-refractivity contribution < 1.29 is 36.9 Å². The van der Waals surface area contributed by atoms with Crippen molar-refractivity contribution in [2.24, 2.45) is 0 Å². The predicted molar refractivity (Wildman–Crippen MR) is 261 cm³/mol. The van der Waals surface area contributed by atoms with Crippen LogP contribution in [0.4, 0.5) is 17.1 Å². The molecule has 5 rings (SSSR count). The van der Waals surface area contributed by atoms with Crippen LogP contribution in [0.15, 0.2) is 91.3 Å². The Kier molecular flexibility index (Phi) is 22.1. The van der Waals surface area contributed by atoms with Gasteiger partial charge in [-0.05, 0) is 81.7 Å². The summed E-state index contributed by atoms with van der Waals surface area (Å²) in [4.78, 5) is 8.97. The first-order valence-corrected chi connectivity index (χ1v) is 21.8. The van der Waals surface area contributed by atoms with Crippen LogP contribution in [0, 0.1) is 36.9 Å². The minimum Gasteiger partial charge on any atom is -0.698 e. The third kappa shape index (κ3) is 16.1. The standard InChI is InChI=1S/C18H24N2.3C12H18N.Lu/c1-17(2,3)13-7-9-19-15(11-13)16-12-14(8-10-20-16)18(4,5)6;3*1-8(2)10-6-5-7-11(9(3)4)12(10)13;/h7-12H,1-6H3;3*5-9,13H,1-4H3;/q;3*-1;+3. The van der Waals surface area contributed by atoms with E-state index in [1.54, 1.807) is 0 Å². The summed E-state index contributed by atoms with van der Waals surface area (Å²) >= 11 is 0. The zero-order valence-electron chi connectivity index (χ0n) is 40.3. The molecule has 3 aromatic carbocycles. The molecule has 0 saturated heterocycles. The van der Waals surface area contributed by atoms with E-state index in [0.717, 1.165) is 61.8 Å². The molecule has 2 aromatic heterocycles. The molecule has 5 aromatic rings. The van der Waals surface area contributed by atoms with Gasteiger partial charge >= 0.3 is 36.9 Å². The Morgan fingerprint density at radius 2 is 0.567 bits per heavy atom. The Morgan fingerprint density at radius 1 is 0.367 bits per heavy atom. The van der Waals surface area contributed by atoms with Gasteiger partial charge in [-0.1, -0.05) is 213 Å². The van der Waals surface area contributed by atoms with E-state index in [0.29, 0.717) is 35.5 Å². The van der Waals surface area contributed by atoms with Crippen molar-refractivity contribution >= 4 is 17.1 Å². The number of pyridine rings is 2. The summed E-state index contributed by atoms with van der Waals surface area (Å²) in [6, 6.07) is 27.0. The summed E-state index contributed by atoms with van der Waals surface area (Å²) in [5.74, 6) is 2.70. The Labute approximate surface area is 396 Å². The molecule has 0 amide bonds. The molecular weight excluding hydrogens is 894 g/mol. The van der Waals surface area contributed by atoms with Gasteiger partial charge in [-0.15, -0.1) is 17.1 Å². The predicted octanol–water partition coefficient (Wildman–Crippen LogP) is 18.6. The first kappa shape index (κ1) is 54.6. The van der Waals surface area contributed by atoms with E-state index in [9.17, 15) is 0 Å². The van der Waals surface area contributed by atoms with Crippen LogP contribution in [0.25, 0.3) is 28.6 Å². The van der Waals surface area contributed by atoms with Gasteiger partial charge in [0.1, 0.15) is 0 Å². The molecule has 60 heavy (non-hydrogen) atoms. The molecule has 2 heterocycles. The molecule has 334 valence electrons. The van der Waals surface area contributed by atoms with Crippen molar-refractivity contribution in [2.75, 3.05) is 0 Å². The number of hydrogen-bond acceptors (Lipinski definition) is 2. The molecule has 5 nitrogen and oxygen atoms in total. The Balaban J connectivity index is 0.000000406. The number of nitrogens with one attached hydrogen (secondary N) is 3. The molecule has 0 spiro atoms. The van der Waals surface area contributed by atoms with Gasteiger partial charge in [0.25, 0.3) is 0 Å². The summed E-state index contributed by atoms with van der Waals surface area (Å²) in [6.07, 6.45) is 3.75. The van der Waals surface area contributed by atoms with Crippen LogP contribution in [-0.2, 0) is 10.8 Å².